The predicted molar refractivity (Wildman–Crippen MR) is 59.5 cm³/mol. The van der Waals surface area contributed by atoms with Crippen molar-refractivity contribution in [1.29, 1.82) is 0 Å². The van der Waals surface area contributed by atoms with Gasteiger partial charge in [-0.25, -0.2) is 13.2 Å². The molecule has 10 heteroatoms. The molecule has 0 spiro atoms. The normalized spacial score (nSPS) is 11.7. The SMILES string of the molecule is COc1ccc(S(=O)(=O)S(=O)(=O)O)cc1N=C=O. The Balaban J connectivity index is 3.57. The van der Waals surface area contributed by atoms with Gasteiger partial charge >= 0.3 is 18.0 Å². The van der Waals surface area contributed by atoms with Crippen molar-refractivity contribution in [3.8, 4) is 5.75 Å². The quantitative estimate of drug-likeness (QED) is 0.364. The molecule has 0 saturated carbocycles. The van der Waals surface area contributed by atoms with E-state index in [0.717, 1.165) is 24.3 Å². The summed E-state index contributed by atoms with van der Waals surface area (Å²) in [5.74, 6) is 0.0487. The Morgan fingerprint density at radius 1 is 1.28 bits per heavy atom. The minimum Gasteiger partial charge on any atom is -0.494 e. The van der Waals surface area contributed by atoms with Crippen LogP contribution in [-0.2, 0) is 22.8 Å². The highest BCUT2D eigenvalue weighted by atomic mass is 33.2. The van der Waals surface area contributed by atoms with E-state index in [1.165, 1.54) is 7.11 Å². The summed E-state index contributed by atoms with van der Waals surface area (Å²) in [5.41, 5.74) is -0.225. The van der Waals surface area contributed by atoms with Crippen LogP contribution in [0.5, 0.6) is 5.75 Å². The second-order valence-electron chi connectivity index (χ2n) is 2.92. The molecule has 0 aliphatic heterocycles. The van der Waals surface area contributed by atoms with Crippen molar-refractivity contribution in [3.05, 3.63) is 18.2 Å². The number of aliphatic imine (C=N–C) groups is 1. The van der Waals surface area contributed by atoms with Crippen LogP contribution < -0.4 is 4.74 Å². The predicted octanol–water partition coefficient (Wildman–Crippen LogP) is 0.239. The highest BCUT2D eigenvalue weighted by Crippen LogP contribution is 2.30. The van der Waals surface area contributed by atoms with Crippen LogP contribution in [0.3, 0.4) is 0 Å². The first-order valence-electron chi connectivity index (χ1n) is 4.22. The van der Waals surface area contributed by atoms with Gasteiger partial charge in [0, 0.05) is 0 Å². The van der Waals surface area contributed by atoms with E-state index in [1.807, 2.05) is 0 Å². The van der Waals surface area contributed by atoms with Gasteiger partial charge in [0.1, 0.15) is 11.4 Å². The molecule has 1 N–H and O–H groups in total. The third-order valence-corrected chi connectivity index (χ3v) is 5.51. The number of ether oxygens (including phenoxy) is 1. The molecule has 98 valence electrons. The lowest BCUT2D eigenvalue weighted by Crippen LogP contribution is -2.14. The van der Waals surface area contributed by atoms with Crippen molar-refractivity contribution in [3.63, 3.8) is 0 Å². The van der Waals surface area contributed by atoms with Gasteiger partial charge in [0.25, 0.3) is 0 Å². The van der Waals surface area contributed by atoms with E-state index < -0.39 is 22.9 Å². The van der Waals surface area contributed by atoms with Crippen LogP contribution in [0.15, 0.2) is 28.1 Å². The first kappa shape index (κ1) is 14.3. The second-order valence-corrected chi connectivity index (χ2v) is 7.73. The zero-order valence-electron chi connectivity index (χ0n) is 8.89. The number of nitrogens with zero attached hydrogens (tertiary/aromatic N) is 1. The van der Waals surface area contributed by atoms with E-state index in [-0.39, 0.29) is 11.4 Å². The first-order chi connectivity index (χ1) is 8.24. The molecule has 0 aliphatic rings. The molecule has 0 heterocycles. The van der Waals surface area contributed by atoms with Crippen molar-refractivity contribution in [2.75, 3.05) is 7.11 Å². The largest absolute Gasteiger partial charge is 0.494 e. The number of hydrogen-bond donors (Lipinski definition) is 1. The number of hydrogen-bond acceptors (Lipinski definition) is 7. The van der Waals surface area contributed by atoms with Gasteiger partial charge in [0.05, 0.1) is 12.0 Å². The molecule has 1 aromatic carbocycles. The van der Waals surface area contributed by atoms with Crippen molar-refractivity contribution in [1.82, 2.24) is 0 Å². The summed E-state index contributed by atoms with van der Waals surface area (Å²) in [6.07, 6.45) is 1.16. The number of rotatable bonds is 4. The maximum Gasteiger partial charge on any atom is 0.377 e. The van der Waals surface area contributed by atoms with Crippen LogP contribution in [0.1, 0.15) is 0 Å². The fraction of sp³-hybridized carbons (Fsp3) is 0.125. The molecule has 0 aliphatic carbocycles. The molecule has 0 aromatic heterocycles. The van der Waals surface area contributed by atoms with Gasteiger partial charge in [-0.3, -0.25) is 4.55 Å². The average Bonchev–Trinajstić information content (AvgIpc) is 2.28. The number of carbonyl (C=O) groups excluding carboxylic acids is 1. The van der Waals surface area contributed by atoms with Gasteiger partial charge < -0.3 is 4.74 Å². The molecule has 0 atom stereocenters. The van der Waals surface area contributed by atoms with Crippen LogP contribution in [-0.4, -0.2) is 34.6 Å². The minimum atomic E-state index is -5.32. The smallest absolute Gasteiger partial charge is 0.377 e. The Hall–Kier alpha value is -1.74. The molecule has 0 unspecified atom stereocenters. The zero-order valence-corrected chi connectivity index (χ0v) is 10.5. The average molecular weight is 293 g/mol. The second kappa shape index (κ2) is 4.86. The summed E-state index contributed by atoms with van der Waals surface area (Å²) >= 11 is 0. The topological polar surface area (TPSA) is 127 Å². The Morgan fingerprint density at radius 2 is 1.89 bits per heavy atom. The molecular formula is C8H7NO7S2. The molecule has 0 bridgehead atoms. The van der Waals surface area contributed by atoms with Gasteiger partial charge in [-0.1, -0.05) is 0 Å². The van der Waals surface area contributed by atoms with Gasteiger partial charge in [-0.05, 0) is 18.2 Å². The van der Waals surface area contributed by atoms with Gasteiger partial charge in [-0.2, -0.15) is 13.4 Å². The number of methoxy groups -OCH3 is 1. The van der Waals surface area contributed by atoms with E-state index in [0.29, 0.717) is 0 Å². The Bertz CT molecular complexity index is 714. The molecule has 8 nitrogen and oxygen atoms in total. The first-order valence-corrected chi connectivity index (χ1v) is 7.66. The molecule has 0 saturated heterocycles. The van der Waals surface area contributed by atoms with E-state index in [2.05, 4.69) is 4.99 Å². The molecule has 18 heavy (non-hydrogen) atoms. The summed E-state index contributed by atoms with van der Waals surface area (Å²) < 4.78 is 57.6. The molecule has 0 fully saturated rings. The standard InChI is InChI=1S/C8H7NO7S2/c1-16-8-3-2-6(4-7(8)9-5-10)17(11,12)18(13,14)15/h2-4H,1H3,(H,13,14,15). The monoisotopic (exact) mass is 293 g/mol. The van der Waals surface area contributed by atoms with Crippen LogP contribution >= 0.6 is 0 Å². The number of isocyanates is 1. The van der Waals surface area contributed by atoms with E-state index in [1.54, 1.807) is 0 Å². The van der Waals surface area contributed by atoms with Crippen molar-refractivity contribution in [2.45, 2.75) is 4.90 Å². The Morgan fingerprint density at radius 3 is 2.33 bits per heavy atom. The fourth-order valence-electron chi connectivity index (χ4n) is 1.08. The third kappa shape index (κ3) is 2.57. The minimum absolute atomic E-state index is 0.0487. The lowest BCUT2D eigenvalue weighted by Gasteiger charge is -2.05. The lowest BCUT2D eigenvalue weighted by molar-refractivity contribution is 0.415. The molecular weight excluding hydrogens is 286 g/mol. The highest BCUT2D eigenvalue weighted by molar-refractivity contribution is 8.64. The molecule has 0 amide bonds. The van der Waals surface area contributed by atoms with Gasteiger partial charge in [-0.15, -0.1) is 0 Å². The Kier molecular flexibility index (Phi) is 3.87. The zero-order chi connectivity index (χ0) is 14.0. The maximum atomic E-state index is 11.4. The summed E-state index contributed by atoms with van der Waals surface area (Å²) in [5, 5.41) is 0. The van der Waals surface area contributed by atoms with E-state index in [4.69, 9.17) is 9.29 Å². The highest BCUT2D eigenvalue weighted by Gasteiger charge is 2.30. The van der Waals surface area contributed by atoms with Crippen LogP contribution in [0, 0.1) is 0 Å². The fourth-order valence-corrected chi connectivity index (χ4v) is 2.86. The Labute approximate surface area is 102 Å². The van der Waals surface area contributed by atoms with Crippen molar-refractivity contribution >= 4 is 29.8 Å². The van der Waals surface area contributed by atoms with E-state index >= 15 is 0 Å². The summed E-state index contributed by atoms with van der Waals surface area (Å²) in [6, 6.07) is 2.76. The molecule has 1 rings (SSSR count). The van der Waals surface area contributed by atoms with Crippen LogP contribution in [0.25, 0.3) is 0 Å². The lowest BCUT2D eigenvalue weighted by atomic mass is 10.3. The summed E-state index contributed by atoms with van der Waals surface area (Å²) in [7, 11) is -9.03. The van der Waals surface area contributed by atoms with Crippen molar-refractivity contribution in [2.24, 2.45) is 4.99 Å². The molecule has 0 radical (unpaired) electrons. The van der Waals surface area contributed by atoms with Gasteiger partial charge in [0.15, 0.2) is 0 Å². The van der Waals surface area contributed by atoms with Gasteiger partial charge in [0.2, 0.25) is 6.08 Å². The summed E-state index contributed by atoms with van der Waals surface area (Å²) in [4.78, 5) is 12.6. The van der Waals surface area contributed by atoms with Crippen LogP contribution in [0.4, 0.5) is 5.69 Å². The van der Waals surface area contributed by atoms with E-state index in [9.17, 15) is 21.6 Å². The summed E-state index contributed by atoms with van der Waals surface area (Å²) in [6.45, 7) is 0. The van der Waals surface area contributed by atoms with Crippen LogP contribution in [0.2, 0.25) is 0 Å². The number of benzene rings is 1. The molecule has 1 aromatic rings. The maximum absolute atomic E-state index is 11.4. The third-order valence-electron chi connectivity index (χ3n) is 1.88. The van der Waals surface area contributed by atoms with Crippen molar-refractivity contribution < 1.29 is 30.9 Å².